The Labute approximate surface area is 130 Å². The third kappa shape index (κ3) is 2.64. The third-order valence-electron chi connectivity index (χ3n) is 2.75. The van der Waals surface area contributed by atoms with Crippen LogP contribution < -0.4 is 0 Å². The highest BCUT2D eigenvalue weighted by Gasteiger charge is 2.24. The van der Waals surface area contributed by atoms with Crippen molar-refractivity contribution in [2.75, 3.05) is 0 Å². The Balaban J connectivity index is 2.73. The van der Waals surface area contributed by atoms with Gasteiger partial charge in [-0.2, -0.15) is 5.10 Å². The first-order chi connectivity index (χ1) is 9.32. The lowest BCUT2D eigenvalue weighted by molar-refractivity contribution is 0.0690. The first-order valence-corrected chi connectivity index (χ1v) is 6.93. The molecule has 1 heterocycles. The molecule has 0 unspecified atom stereocenters. The van der Waals surface area contributed by atoms with Gasteiger partial charge in [-0.25, -0.2) is 9.48 Å². The molecule has 1 N–H and O–H groups in total. The van der Waals surface area contributed by atoms with Gasteiger partial charge in [0.2, 0.25) is 0 Å². The minimum Gasteiger partial charge on any atom is -0.476 e. The number of carboxylic acid groups (broad SMARTS) is 1. The highest BCUT2D eigenvalue weighted by Crippen LogP contribution is 2.33. The molecular weight excluding hydrogens is 323 g/mol. The highest BCUT2D eigenvalue weighted by molar-refractivity contribution is 6.36. The number of aromatic carboxylic acids is 1. The van der Waals surface area contributed by atoms with Gasteiger partial charge in [0.05, 0.1) is 21.4 Å². The van der Waals surface area contributed by atoms with E-state index in [1.807, 2.05) is 13.8 Å². The van der Waals surface area contributed by atoms with Crippen LogP contribution in [-0.2, 0) is 0 Å². The van der Waals surface area contributed by atoms with Crippen LogP contribution in [0.15, 0.2) is 18.2 Å². The fourth-order valence-electron chi connectivity index (χ4n) is 1.88. The summed E-state index contributed by atoms with van der Waals surface area (Å²) in [5, 5.41) is 14.2. The quantitative estimate of drug-likeness (QED) is 0.889. The van der Waals surface area contributed by atoms with Crippen LogP contribution in [0.4, 0.5) is 0 Å². The molecule has 0 aliphatic rings. The normalized spacial score (nSPS) is 11.1. The van der Waals surface area contributed by atoms with Gasteiger partial charge in [0, 0.05) is 5.02 Å². The molecule has 0 saturated carbocycles. The molecule has 2 rings (SSSR count). The molecule has 7 heteroatoms. The molecule has 20 heavy (non-hydrogen) atoms. The number of carbonyl (C=O) groups is 1. The van der Waals surface area contributed by atoms with Crippen molar-refractivity contribution < 1.29 is 9.90 Å². The van der Waals surface area contributed by atoms with Crippen molar-refractivity contribution in [1.82, 2.24) is 9.78 Å². The maximum Gasteiger partial charge on any atom is 0.358 e. The minimum atomic E-state index is -1.18. The first-order valence-electron chi connectivity index (χ1n) is 5.80. The van der Waals surface area contributed by atoms with Crippen LogP contribution in [-0.4, -0.2) is 20.9 Å². The second kappa shape index (κ2) is 5.64. The fourth-order valence-corrected chi connectivity index (χ4v) is 2.79. The van der Waals surface area contributed by atoms with E-state index < -0.39 is 5.97 Å². The summed E-state index contributed by atoms with van der Waals surface area (Å²) in [6.45, 7) is 3.80. The maximum absolute atomic E-state index is 11.2. The van der Waals surface area contributed by atoms with Crippen molar-refractivity contribution in [3.8, 4) is 5.69 Å². The molecule has 0 bridgehead atoms. The summed E-state index contributed by atoms with van der Waals surface area (Å²) in [6, 6.07) is 4.90. The van der Waals surface area contributed by atoms with Crippen molar-refractivity contribution in [2.24, 2.45) is 0 Å². The molecule has 0 saturated heterocycles. The highest BCUT2D eigenvalue weighted by atomic mass is 35.5. The first kappa shape index (κ1) is 15.2. The molecule has 0 fully saturated rings. The van der Waals surface area contributed by atoms with Gasteiger partial charge in [-0.1, -0.05) is 48.7 Å². The van der Waals surface area contributed by atoms with E-state index in [1.54, 1.807) is 18.2 Å². The Morgan fingerprint density at radius 3 is 2.45 bits per heavy atom. The van der Waals surface area contributed by atoms with Crippen molar-refractivity contribution in [3.05, 3.63) is 44.7 Å². The number of hydrogen-bond acceptors (Lipinski definition) is 2. The Hall–Kier alpha value is -1.23. The number of carboxylic acids is 1. The maximum atomic E-state index is 11.2. The van der Waals surface area contributed by atoms with Gasteiger partial charge < -0.3 is 5.11 Å². The van der Waals surface area contributed by atoms with Crippen LogP contribution in [0, 0.1) is 0 Å². The predicted octanol–water partition coefficient (Wildman–Crippen LogP) is 4.65. The smallest absolute Gasteiger partial charge is 0.358 e. The molecule has 0 spiro atoms. The summed E-state index contributed by atoms with van der Waals surface area (Å²) in [6.07, 6.45) is 0. The summed E-state index contributed by atoms with van der Waals surface area (Å²) in [7, 11) is 0. The van der Waals surface area contributed by atoms with Gasteiger partial charge >= 0.3 is 5.97 Å². The van der Waals surface area contributed by atoms with Crippen LogP contribution in [0.1, 0.15) is 35.9 Å². The number of hydrogen-bond donors (Lipinski definition) is 1. The lowest BCUT2D eigenvalue weighted by Crippen LogP contribution is -2.05. The summed E-state index contributed by atoms with van der Waals surface area (Å²) >= 11 is 18.1. The molecular formula is C13H11Cl3N2O2. The summed E-state index contributed by atoms with van der Waals surface area (Å²) in [5.74, 6) is -1.20. The molecule has 0 amide bonds. The van der Waals surface area contributed by atoms with Gasteiger partial charge in [0.1, 0.15) is 0 Å². The van der Waals surface area contributed by atoms with Gasteiger partial charge in [-0.15, -0.1) is 0 Å². The van der Waals surface area contributed by atoms with Gasteiger partial charge in [-0.05, 0) is 24.1 Å². The molecule has 106 valence electrons. The van der Waals surface area contributed by atoms with Crippen LogP contribution >= 0.6 is 34.8 Å². The standard InChI is InChI=1S/C13H11Cl3N2O2/c1-6(2)12-10(16)11(13(19)20)17-18(12)9-4-3-7(14)5-8(9)15/h3-6H,1-2H3,(H,19,20). The van der Waals surface area contributed by atoms with Crippen molar-refractivity contribution in [2.45, 2.75) is 19.8 Å². The molecule has 1 aromatic carbocycles. The summed E-state index contributed by atoms with van der Waals surface area (Å²) in [5.41, 5.74) is 0.934. The molecule has 2 aromatic rings. The lowest BCUT2D eigenvalue weighted by atomic mass is 10.1. The molecule has 0 radical (unpaired) electrons. The number of nitrogens with zero attached hydrogens (tertiary/aromatic N) is 2. The fraction of sp³-hybridized carbons (Fsp3) is 0.231. The van der Waals surface area contributed by atoms with Crippen molar-refractivity contribution in [3.63, 3.8) is 0 Å². The second-order valence-electron chi connectivity index (χ2n) is 4.52. The Bertz CT molecular complexity index is 680. The van der Waals surface area contributed by atoms with E-state index in [-0.39, 0.29) is 16.6 Å². The van der Waals surface area contributed by atoms with Crippen LogP contribution in [0.3, 0.4) is 0 Å². The monoisotopic (exact) mass is 332 g/mol. The molecule has 4 nitrogen and oxygen atoms in total. The average Bonchev–Trinajstić information content (AvgIpc) is 2.66. The number of rotatable bonds is 3. The minimum absolute atomic E-state index is 0.0187. The van der Waals surface area contributed by atoms with Crippen molar-refractivity contribution in [1.29, 1.82) is 0 Å². The van der Waals surface area contributed by atoms with Gasteiger partial charge in [0.25, 0.3) is 0 Å². The second-order valence-corrected chi connectivity index (χ2v) is 5.74. The zero-order valence-electron chi connectivity index (χ0n) is 10.7. The molecule has 1 aromatic heterocycles. The number of aromatic nitrogens is 2. The largest absolute Gasteiger partial charge is 0.476 e. The Morgan fingerprint density at radius 1 is 1.30 bits per heavy atom. The lowest BCUT2D eigenvalue weighted by Gasteiger charge is -2.12. The Kier molecular flexibility index (Phi) is 4.28. The third-order valence-corrected chi connectivity index (χ3v) is 3.66. The van der Waals surface area contributed by atoms with Crippen molar-refractivity contribution >= 4 is 40.8 Å². The van der Waals surface area contributed by atoms with E-state index in [1.165, 1.54) is 4.68 Å². The molecule has 0 aliphatic carbocycles. The van der Waals surface area contributed by atoms with Crippen LogP contribution in [0.5, 0.6) is 0 Å². The van der Waals surface area contributed by atoms with E-state index in [4.69, 9.17) is 39.9 Å². The Morgan fingerprint density at radius 2 is 1.95 bits per heavy atom. The van der Waals surface area contributed by atoms with E-state index in [0.717, 1.165) is 0 Å². The molecule has 0 aliphatic heterocycles. The zero-order chi connectivity index (χ0) is 15.0. The number of benzene rings is 1. The predicted molar refractivity (Wildman–Crippen MR) is 79.6 cm³/mol. The van der Waals surface area contributed by atoms with E-state index in [9.17, 15) is 4.79 Å². The van der Waals surface area contributed by atoms with E-state index >= 15 is 0 Å². The summed E-state index contributed by atoms with van der Waals surface area (Å²) in [4.78, 5) is 11.2. The van der Waals surface area contributed by atoms with E-state index in [2.05, 4.69) is 5.10 Å². The molecule has 0 atom stereocenters. The number of halogens is 3. The average molecular weight is 334 g/mol. The van der Waals surface area contributed by atoms with Gasteiger partial charge in [0.15, 0.2) is 5.69 Å². The van der Waals surface area contributed by atoms with E-state index in [0.29, 0.717) is 21.4 Å². The van der Waals surface area contributed by atoms with Crippen LogP contribution in [0.2, 0.25) is 15.1 Å². The zero-order valence-corrected chi connectivity index (χ0v) is 13.0. The van der Waals surface area contributed by atoms with Crippen LogP contribution in [0.25, 0.3) is 5.69 Å². The van der Waals surface area contributed by atoms with Gasteiger partial charge in [-0.3, -0.25) is 0 Å². The summed E-state index contributed by atoms with van der Waals surface area (Å²) < 4.78 is 1.45. The SMILES string of the molecule is CC(C)c1c(Cl)c(C(=O)O)nn1-c1ccc(Cl)cc1Cl. The topological polar surface area (TPSA) is 55.1 Å².